The molecule has 0 aliphatic carbocycles. The SMILES string of the molecule is C=COCCONC(=O)c1n[nH]c(=O)c(C)c1C. The van der Waals surface area contributed by atoms with E-state index in [1.807, 2.05) is 0 Å². The Balaban J connectivity index is 2.60. The molecule has 18 heavy (non-hydrogen) atoms. The smallest absolute Gasteiger partial charge is 0.295 e. The van der Waals surface area contributed by atoms with Gasteiger partial charge in [0.15, 0.2) is 5.69 Å². The number of nitrogens with one attached hydrogen (secondary N) is 2. The molecule has 0 unspecified atom stereocenters. The molecule has 7 nitrogen and oxygen atoms in total. The van der Waals surface area contributed by atoms with E-state index in [-0.39, 0.29) is 24.5 Å². The molecule has 1 heterocycles. The van der Waals surface area contributed by atoms with E-state index in [0.29, 0.717) is 11.1 Å². The van der Waals surface area contributed by atoms with Gasteiger partial charge in [-0.2, -0.15) is 5.10 Å². The molecular weight excluding hydrogens is 238 g/mol. The van der Waals surface area contributed by atoms with E-state index in [1.54, 1.807) is 13.8 Å². The molecule has 0 bridgehead atoms. The predicted octanol–water partition coefficient (Wildman–Crippen LogP) is 0.208. The van der Waals surface area contributed by atoms with Gasteiger partial charge < -0.3 is 4.74 Å². The molecule has 0 saturated carbocycles. The lowest BCUT2D eigenvalue weighted by Gasteiger charge is -2.07. The zero-order chi connectivity index (χ0) is 13.5. The van der Waals surface area contributed by atoms with Crippen molar-refractivity contribution in [3.8, 4) is 0 Å². The first-order valence-electron chi connectivity index (χ1n) is 5.28. The van der Waals surface area contributed by atoms with Crippen LogP contribution in [0.1, 0.15) is 21.6 Å². The number of H-pyrrole nitrogens is 1. The van der Waals surface area contributed by atoms with Gasteiger partial charge in [-0.25, -0.2) is 10.6 Å². The monoisotopic (exact) mass is 253 g/mol. The topological polar surface area (TPSA) is 93.3 Å². The van der Waals surface area contributed by atoms with E-state index in [1.165, 1.54) is 6.26 Å². The summed E-state index contributed by atoms with van der Waals surface area (Å²) in [5, 5.41) is 5.92. The van der Waals surface area contributed by atoms with Crippen molar-refractivity contribution < 1.29 is 14.4 Å². The van der Waals surface area contributed by atoms with E-state index < -0.39 is 5.91 Å². The molecule has 1 amide bonds. The number of carbonyl (C=O) groups is 1. The molecule has 0 atom stereocenters. The number of aromatic amines is 1. The summed E-state index contributed by atoms with van der Waals surface area (Å²) in [5.41, 5.74) is 2.98. The van der Waals surface area contributed by atoms with E-state index in [4.69, 9.17) is 9.57 Å². The van der Waals surface area contributed by atoms with E-state index in [0.717, 1.165) is 0 Å². The van der Waals surface area contributed by atoms with Crippen LogP contribution in [0.25, 0.3) is 0 Å². The zero-order valence-corrected chi connectivity index (χ0v) is 10.3. The fourth-order valence-corrected chi connectivity index (χ4v) is 1.18. The number of aromatic nitrogens is 2. The molecule has 0 aromatic carbocycles. The molecule has 1 rings (SSSR count). The van der Waals surface area contributed by atoms with Crippen LogP contribution in [0.2, 0.25) is 0 Å². The zero-order valence-electron chi connectivity index (χ0n) is 10.3. The van der Waals surface area contributed by atoms with Crippen molar-refractivity contribution in [1.82, 2.24) is 15.7 Å². The number of amides is 1. The fraction of sp³-hybridized carbons (Fsp3) is 0.364. The Bertz CT molecular complexity index is 496. The van der Waals surface area contributed by atoms with Crippen LogP contribution in [0.3, 0.4) is 0 Å². The average Bonchev–Trinajstić information content (AvgIpc) is 2.35. The maximum absolute atomic E-state index is 11.7. The number of hydroxylamine groups is 1. The lowest BCUT2D eigenvalue weighted by atomic mass is 10.1. The third kappa shape index (κ3) is 3.42. The molecule has 7 heteroatoms. The van der Waals surface area contributed by atoms with Crippen LogP contribution in [-0.2, 0) is 9.57 Å². The summed E-state index contributed by atoms with van der Waals surface area (Å²) >= 11 is 0. The number of hydrogen-bond donors (Lipinski definition) is 2. The Labute approximate surface area is 104 Å². The van der Waals surface area contributed by atoms with Crippen molar-refractivity contribution in [2.24, 2.45) is 0 Å². The number of ether oxygens (including phenoxy) is 1. The minimum Gasteiger partial charge on any atom is -0.499 e. The number of rotatable bonds is 6. The van der Waals surface area contributed by atoms with Crippen LogP contribution in [0.5, 0.6) is 0 Å². The summed E-state index contributed by atoms with van der Waals surface area (Å²) in [4.78, 5) is 27.8. The summed E-state index contributed by atoms with van der Waals surface area (Å²) in [6.45, 7) is 7.08. The first-order chi connectivity index (χ1) is 8.57. The molecule has 2 N–H and O–H groups in total. The second-order valence-corrected chi connectivity index (χ2v) is 3.47. The van der Waals surface area contributed by atoms with Gasteiger partial charge in [-0.15, -0.1) is 0 Å². The van der Waals surface area contributed by atoms with Gasteiger partial charge in [0.1, 0.15) is 13.2 Å². The highest BCUT2D eigenvalue weighted by atomic mass is 16.7. The standard InChI is InChI=1S/C11H15N3O4/c1-4-17-5-6-18-14-11(16)9-7(2)8(3)10(15)13-12-9/h4H,1,5-6H2,2-3H3,(H,13,15)(H,14,16). The van der Waals surface area contributed by atoms with Crippen molar-refractivity contribution in [3.05, 3.63) is 40.0 Å². The van der Waals surface area contributed by atoms with Gasteiger partial charge in [-0.05, 0) is 19.4 Å². The van der Waals surface area contributed by atoms with Gasteiger partial charge in [0.05, 0.1) is 6.26 Å². The van der Waals surface area contributed by atoms with Crippen LogP contribution in [0.15, 0.2) is 17.6 Å². The highest BCUT2D eigenvalue weighted by Crippen LogP contribution is 2.04. The Hall–Kier alpha value is -2.15. The van der Waals surface area contributed by atoms with E-state index in [9.17, 15) is 9.59 Å². The van der Waals surface area contributed by atoms with Crippen LogP contribution >= 0.6 is 0 Å². The highest BCUT2D eigenvalue weighted by molar-refractivity contribution is 5.92. The van der Waals surface area contributed by atoms with Gasteiger partial charge in [0.2, 0.25) is 0 Å². The molecule has 1 aromatic heterocycles. The first kappa shape index (κ1) is 13.9. The third-order valence-corrected chi connectivity index (χ3v) is 2.33. The van der Waals surface area contributed by atoms with Crippen molar-refractivity contribution in [2.75, 3.05) is 13.2 Å². The van der Waals surface area contributed by atoms with Gasteiger partial charge in [-0.1, -0.05) is 6.58 Å². The Morgan fingerprint density at radius 1 is 1.44 bits per heavy atom. The molecule has 0 fully saturated rings. The van der Waals surface area contributed by atoms with Crippen LogP contribution < -0.4 is 11.0 Å². The number of hydrogen-bond acceptors (Lipinski definition) is 5. The number of nitrogens with zero attached hydrogens (tertiary/aromatic N) is 1. The lowest BCUT2D eigenvalue weighted by molar-refractivity contribution is 0.0140. The summed E-state index contributed by atoms with van der Waals surface area (Å²) < 4.78 is 4.80. The largest absolute Gasteiger partial charge is 0.499 e. The Kier molecular flexibility index (Phi) is 5.06. The van der Waals surface area contributed by atoms with Gasteiger partial charge in [-0.3, -0.25) is 14.4 Å². The molecule has 1 aromatic rings. The van der Waals surface area contributed by atoms with Crippen LogP contribution in [0.4, 0.5) is 0 Å². The van der Waals surface area contributed by atoms with E-state index >= 15 is 0 Å². The Morgan fingerprint density at radius 3 is 2.83 bits per heavy atom. The molecule has 0 aliphatic rings. The van der Waals surface area contributed by atoms with E-state index in [2.05, 4.69) is 22.3 Å². The summed E-state index contributed by atoms with van der Waals surface area (Å²) in [5.74, 6) is -0.523. The Morgan fingerprint density at radius 2 is 2.17 bits per heavy atom. The van der Waals surface area contributed by atoms with Gasteiger partial charge in [0.25, 0.3) is 11.5 Å². The second-order valence-electron chi connectivity index (χ2n) is 3.47. The van der Waals surface area contributed by atoms with Crippen LogP contribution in [0, 0.1) is 13.8 Å². The highest BCUT2D eigenvalue weighted by Gasteiger charge is 2.14. The van der Waals surface area contributed by atoms with Gasteiger partial charge >= 0.3 is 0 Å². The minimum atomic E-state index is -0.523. The second kappa shape index (κ2) is 6.55. The van der Waals surface area contributed by atoms with Crippen molar-refractivity contribution in [3.63, 3.8) is 0 Å². The molecule has 0 spiro atoms. The molecular formula is C11H15N3O4. The van der Waals surface area contributed by atoms with Crippen molar-refractivity contribution >= 4 is 5.91 Å². The maximum atomic E-state index is 11.7. The van der Waals surface area contributed by atoms with Gasteiger partial charge in [0, 0.05) is 5.56 Å². The first-order valence-corrected chi connectivity index (χ1v) is 5.28. The fourth-order valence-electron chi connectivity index (χ4n) is 1.18. The minimum absolute atomic E-state index is 0.122. The van der Waals surface area contributed by atoms with Crippen molar-refractivity contribution in [1.29, 1.82) is 0 Å². The molecule has 0 saturated heterocycles. The average molecular weight is 253 g/mol. The number of carbonyl (C=O) groups excluding carboxylic acids is 1. The third-order valence-electron chi connectivity index (χ3n) is 2.33. The lowest BCUT2D eigenvalue weighted by Crippen LogP contribution is -2.29. The van der Waals surface area contributed by atoms with Crippen molar-refractivity contribution in [2.45, 2.75) is 13.8 Å². The van der Waals surface area contributed by atoms with Crippen LogP contribution in [-0.4, -0.2) is 29.3 Å². The predicted molar refractivity (Wildman–Crippen MR) is 63.9 cm³/mol. The summed E-state index contributed by atoms with van der Waals surface area (Å²) in [7, 11) is 0. The molecule has 0 radical (unpaired) electrons. The quantitative estimate of drug-likeness (QED) is 0.429. The molecule has 0 aliphatic heterocycles. The normalized spacial score (nSPS) is 9.89. The molecule has 98 valence electrons. The summed E-state index contributed by atoms with van der Waals surface area (Å²) in [6, 6.07) is 0. The maximum Gasteiger partial charge on any atom is 0.295 e. The summed E-state index contributed by atoms with van der Waals surface area (Å²) in [6.07, 6.45) is 1.28.